The summed E-state index contributed by atoms with van der Waals surface area (Å²) < 4.78 is 25.2. The second-order valence-corrected chi connectivity index (χ2v) is 12.1. The van der Waals surface area contributed by atoms with E-state index < -0.39 is 10.0 Å². The Kier molecular flexibility index (Phi) is 8.43. The fourth-order valence-electron chi connectivity index (χ4n) is 5.85. The number of unbranched alkanes of at least 4 members (excludes halogenated alkanes) is 1. The highest BCUT2D eigenvalue weighted by molar-refractivity contribution is 7.89. The molecular formula is C31H36N4O3S. The van der Waals surface area contributed by atoms with Crippen LogP contribution in [0.2, 0.25) is 0 Å². The minimum absolute atomic E-state index is 0.00407. The van der Waals surface area contributed by atoms with Crippen LogP contribution in [0.1, 0.15) is 50.5 Å². The standard InChI is InChI=1S/C31H36N4O3S/c32-39(37,38)26-17-15-23(16-18-26)21-34-31(36)27(24-11-4-5-12-24)13-6-7-20-35-22-29(25-9-2-1-3-10-25)28-14-8-19-33-30(28)35/h1-3,8-10,14-19,22,24,27H,4-7,11-13,20-21H2,(H,34,36)(H2,32,37,38). The molecule has 7 nitrogen and oxygen atoms in total. The van der Waals surface area contributed by atoms with Crippen LogP contribution < -0.4 is 10.5 Å². The Bertz CT molecular complexity index is 1510. The van der Waals surface area contributed by atoms with Gasteiger partial charge in [-0.05, 0) is 67.0 Å². The molecular weight excluding hydrogens is 508 g/mol. The highest BCUT2D eigenvalue weighted by atomic mass is 32.2. The number of primary sulfonamides is 1. The molecule has 3 N–H and O–H groups in total. The third-order valence-corrected chi connectivity index (χ3v) is 8.84. The van der Waals surface area contributed by atoms with Crippen molar-refractivity contribution in [3.8, 4) is 11.1 Å². The van der Waals surface area contributed by atoms with Crippen molar-refractivity contribution in [2.24, 2.45) is 17.0 Å². The number of hydrogen-bond donors (Lipinski definition) is 2. The van der Waals surface area contributed by atoms with E-state index in [-0.39, 0.29) is 16.7 Å². The van der Waals surface area contributed by atoms with Crippen LogP contribution in [0.25, 0.3) is 22.2 Å². The van der Waals surface area contributed by atoms with Crippen LogP contribution in [-0.2, 0) is 27.9 Å². The molecule has 8 heteroatoms. The summed E-state index contributed by atoms with van der Waals surface area (Å²) in [5.74, 6) is 0.515. The molecule has 1 fully saturated rings. The molecule has 1 aliphatic rings. The maximum absolute atomic E-state index is 13.3. The second-order valence-electron chi connectivity index (χ2n) is 10.5. The van der Waals surface area contributed by atoms with Crippen molar-refractivity contribution in [3.05, 3.63) is 84.7 Å². The third kappa shape index (κ3) is 6.57. The number of hydrogen-bond acceptors (Lipinski definition) is 4. The first kappa shape index (κ1) is 27.1. The summed E-state index contributed by atoms with van der Waals surface area (Å²) in [5, 5.41) is 9.45. The zero-order chi connectivity index (χ0) is 27.2. The summed E-state index contributed by atoms with van der Waals surface area (Å²) in [6, 6.07) is 20.9. The van der Waals surface area contributed by atoms with E-state index in [9.17, 15) is 13.2 Å². The first-order valence-electron chi connectivity index (χ1n) is 13.8. The molecule has 2 aromatic carbocycles. The minimum atomic E-state index is -3.73. The Morgan fingerprint density at radius 2 is 1.74 bits per heavy atom. The number of nitrogens with one attached hydrogen (secondary N) is 1. The van der Waals surface area contributed by atoms with Crippen molar-refractivity contribution < 1.29 is 13.2 Å². The minimum Gasteiger partial charge on any atom is -0.352 e. The molecule has 0 saturated heterocycles. The Hall–Kier alpha value is -3.49. The number of pyridine rings is 1. The fourth-order valence-corrected chi connectivity index (χ4v) is 6.36. The van der Waals surface area contributed by atoms with Crippen LogP contribution in [0.4, 0.5) is 0 Å². The molecule has 2 heterocycles. The van der Waals surface area contributed by atoms with Crippen LogP contribution in [-0.4, -0.2) is 23.9 Å². The topological polar surface area (TPSA) is 107 Å². The fraction of sp³-hybridized carbons (Fsp3) is 0.355. The number of nitrogens with zero attached hydrogens (tertiary/aromatic N) is 2. The molecule has 0 radical (unpaired) electrons. The van der Waals surface area contributed by atoms with Crippen molar-refractivity contribution in [3.63, 3.8) is 0 Å². The Morgan fingerprint density at radius 3 is 2.46 bits per heavy atom. The molecule has 39 heavy (non-hydrogen) atoms. The molecule has 5 rings (SSSR count). The summed E-state index contributed by atoms with van der Waals surface area (Å²) in [4.78, 5) is 18.0. The van der Waals surface area contributed by atoms with E-state index in [0.29, 0.717) is 12.5 Å². The monoisotopic (exact) mass is 544 g/mol. The van der Waals surface area contributed by atoms with E-state index in [1.54, 1.807) is 12.1 Å². The average molecular weight is 545 g/mol. The molecule has 0 bridgehead atoms. The third-order valence-electron chi connectivity index (χ3n) is 7.91. The molecule has 1 saturated carbocycles. The Labute approximate surface area is 230 Å². The van der Waals surface area contributed by atoms with E-state index in [2.05, 4.69) is 51.4 Å². The predicted molar refractivity (Wildman–Crippen MR) is 154 cm³/mol. The highest BCUT2D eigenvalue weighted by Crippen LogP contribution is 2.35. The maximum atomic E-state index is 13.3. The summed E-state index contributed by atoms with van der Waals surface area (Å²) in [6.07, 6.45) is 11.4. The lowest BCUT2D eigenvalue weighted by molar-refractivity contribution is -0.127. The zero-order valence-electron chi connectivity index (χ0n) is 22.1. The summed E-state index contributed by atoms with van der Waals surface area (Å²) in [7, 11) is -3.73. The van der Waals surface area contributed by atoms with Gasteiger partial charge in [0.25, 0.3) is 0 Å². The van der Waals surface area contributed by atoms with E-state index in [4.69, 9.17) is 5.14 Å². The number of rotatable bonds is 11. The lowest BCUT2D eigenvalue weighted by Crippen LogP contribution is -2.34. The molecule has 1 amide bonds. The molecule has 204 valence electrons. The van der Waals surface area contributed by atoms with Gasteiger partial charge < -0.3 is 9.88 Å². The maximum Gasteiger partial charge on any atom is 0.238 e. The number of sulfonamides is 1. The van der Waals surface area contributed by atoms with Gasteiger partial charge in [-0.2, -0.15) is 0 Å². The highest BCUT2D eigenvalue weighted by Gasteiger charge is 2.30. The SMILES string of the molecule is NS(=O)(=O)c1ccc(CNC(=O)C(CCCCn2cc(-c3ccccc3)c3cccnc32)C2CCCC2)cc1. The van der Waals surface area contributed by atoms with Gasteiger partial charge in [0.2, 0.25) is 15.9 Å². The number of nitrogens with two attached hydrogens (primary N) is 1. The van der Waals surface area contributed by atoms with E-state index in [1.165, 1.54) is 36.1 Å². The predicted octanol–water partition coefficient (Wildman–Crippen LogP) is 5.64. The molecule has 1 unspecified atom stereocenters. The van der Waals surface area contributed by atoms with Crippen LogP contribution in [0.3, 0.4) is 0 Å². The largest absolute Gasteiger partial charge is 0.352 e. The smallest absolute Gasteiger partial charge is 0.238 e. The van der Waals surface area contributed by atoms with Gasteiger partial charge in [-0.3, -0.25) is 4.79 Å². The molecule has 0 spiro atoms. The molecule has 1 atom stereocenters. The quantitative estimate of drug-likeness (QED) is 0.238. The molecule has 4 aromatic rings. The number of benzene rings is 2. The summed E-state index contributed by atoms with van der Waals surface area (Å²) in [5.41, 5.74) is 4.22. The number of aryl methyl sites for hydroxylation is 1. The van der Waals surface area contributed by atoms with Gasteiger partial charge in [-0.25, -0.2) is 18.5 Å². The summed E-state index contributed by atoms with van der Waals surface area (Å²) in [6.45, 7) is 1.23. The van der Waals surface area contributed by atoms with Crippen molar-refractivity contribution >= 4 is 27.0 Å². The van der Waals surface area contributed by atoms with Crippen molar-refractivity contribution in [2.45, 2.75) is 62.9 Å². The second kappa shape index (κ2) is 12.1. The van der Waals surface area contributed by atoms with E-state index in [0.717, 1.165) is 55.2 Å². The number of carbonyl (C=O) groups excluding carboxylic acids is 1. The first-order chi connectivity index (χ1) is 18.9. The van der Waals surface area contributed by atoms with Crippen LogP contribution in [0.5, 0.6) is 0 Å². The van der Waals surface area contributed by atoms with Gasteiger partial charge in [0.15, 0.2) is 0 Å². The van der Waals surface area contributed by atoms with Crippen LogP contribution in [0, 0.1) is 11.8 Å². The normalized spacial score (nSPS) is 15.0. The first-order valence-corrected chi connectivity index (χ1v) is 15.3. The van der Waals surface area contributed by atoms with Gasteiger partial charge in [0, 0.05) is 42.4 Å². The lowest BCUT2D eigenvalue weighted by atomic mass is 9.86. The Balaban J connectivity index is 1.20. The molecule has 1 aliphatic carbocycles. The van der Waals surface area contributed by atoms with Crippen molar-refractivity contribution in [1.82, 2.24) is 14.9 Å². The van der Waals surface area contributed by atoms with Crippen molar-refractivity contribution in [1.29, 1.82) is 0 Å². The van der Waals surface area contributed by atoms with Gasteiger partial charge >= 0.3 is 0 Å². The Morgan fingerprint density at radius 1 is 1.00 bits per heavy atom. The van der Waals surface area contributed by atoms with Gasteiger partial charge in [-0.1, -0.05) is 61.7 Å². The van der Waals surface area contributed by atoms with Crippen molar-refractivity contribution in [2.75, 3.05) is 0 Å². The van der Waals surface area contributed by atoms with Gasteiger partial charge in [-0.15, -0.1) is 0 Å². The van der Waals surface area contributed by atoms with E-state index >= 15 is 0 Å². The van der Waals surface area contributed by atoms with Crippen LogP contribution >= 0.6 is 0 Å². The molecule has 0 aliphatic heterocycles. The van der Waals surface area contributed by atoms with E-state index in [1.807, 2.05) is 18.3 Å². The number of amides is 1. The average Bonchev–Trinajstić information content (AvgIpc) is 3.61. The van der Waals surface area contributed by atoms with Gasteiger partial charge in [0.05, 0.1) is 4.90 Å². The van der Waals surface area contributed by atoms with Crippen LogP contribution in [0.15, 0.2) is 84.0 Å². The summed E-state index contributed by atoms with van der Waals surface area (Å²) >= 11 is 0. The van der Waals surface area contributed by atoms with Gasteiger partial charge in [0.1, 0.15) is 5.65 Å². The zero-order valence-corrected chi connectivity index (χ0v) is 22.9. The number of carbonyl (C=O) groups is 1. The molecule has 2 aromatic heterocycles. The number of fused-ring (bicyclic) bond motifs is 1. The number of aromatic nitrogens is 2. The lowest BCUT2D eigenvalue weighted by Gasteiger charge is -2.23.